The van der Waals surface area contributed by atoms with Crippen LogP contribution in [0.5, 0.6) is 0 Å². The van der Waals surface area contributed by atoms with Crippen LogP contribution in [0.1, 0.15) is 15.7 Å². The lowest BCUT2D eigenvalue weighted by Crippen LogP contribution is -2.15. The fourth-order valence-electron chi connectivity index (χ4n) is 1.04. The molecule has 3 N–H and O–H groups in total. The van der Waals surface area contributed by atoms with Gasteiger partial charge in [0.2, 0.25) is 0 Å². The highest BCUT2D eigenvalue weighted by atomic mass is 79.9. The monoisotopic (exact) mass is 249 g/mol. The molecule has 0 aromatic carbocycles. The quantitative estimate of drug-likeness (QED) is 0.860. The molecule has 4 heteroatoms. The van der Waals surface area contributed by atoms with Crippen LogP contribution in [0.3, 0.4) is 0 Å². The van der Waals surface area contributed by atoms with E-state index in [1.165, 1.54) is 4.88 Å². The molecule has 1 aromatic rings. The largest absolute Gasteiger partial charge is 0.396 e. The first kappa shape index (κ1) is 10.2. The van der Waals surface area contributed by atoms with Gasteiger partial charge in [-0.05, 0) is 28.9 Å². The first-order valence-electron chi connectivity index (χ1n) is 3.75. The Bertz CT molecular complexity index is 258. The third kappa shape index (κ3) is 2.07. The Kier molecular flexibility index (Phi) is 3.71. The zero-order valence-electron chi connectivity index (χ0n) is 6.88. The summed E-state index contributed by atoms with van der Waals surface area (Å²) in [4.78, 5) is 2.39. The van der Waals surface area contributed by atoms with Crippen molar-refractivity contribution in [3.8, 4) is 0 Å². The highest BCUT2D eigenvalue weighted by Gasteiger charge is 2.14. The van der Waals surface area contributed by atoms with Crippen molar-refractivity contribution in [2.75, 3.05) is 13.2 Å². The molecule has 1 atom stereocenters. The fraction of sp³-hybridized carbons (Fsp3) is 0.500. The molecule has 68 valence electrons. The van der Waals surface area contributed by atoms with Crippen LogP contribution < -0.4 is 5.73 Å². The third-order valence-electron chi connectivity index (χ3n) is 1.71. The van der Waals surface area contributed by atoms with Crippen LogP contribution in [0, 0.1) is 6.92 Å². The molecule has 1 aromatic heterocycles. The van der Waals surface area contributed by atoms with Crippen molar-refractivity contribution in [1.82, 2.24) is 0 Å². The summed E-state index contributed by atoms with van der Waals surface area (Å²) in [6.45, 7) is 2.66. The molecule has 12 heavy (non-hydrogen) atoms. The number of hydrogen-bond acceptors (Lipinski definition) is 3. The maximum atomic E-state index is 9.02. The van der Waals surface area contributed by atoms with E-state index in [1.807, 2.05) is 6.92 Å². The van der Waals surface area contributed by atoms with E-state index in [4.69, 9.17) is 10.8 Å². The average molecular weight is 250 g/mol. The number of rotatable bonds is 3. The summed E-state index contributed by atoms with van der Waals surface area (Å²) in [5, 5.41) is 9.02. The predicted molar refractivity (Wildman–Crippen MR) is 55.6 cm³/mol. The number of aryl methyl sites for hydroxylation is 1. The third-order valence-corrected chi connectivity index (χ3v) is 3.84. The molecule has 1 rings (SSSR count). The molecule has 0 radical (unpaired) electrons. The summed E-state index contributed by atoms with van der Waals surface area (Å²) in [5.74, 6) is 0.0816. The number of nitrogens with two attached hydrogens (primary N) is 1. The molecule has 0 fully saturated rings. The number of halogens is 1. The van der Waals surface area contributed by atoms with E-state index < -0.39 is 0 Å². The Balaban J connectivity index is 2.91. The molecule has 1 heterocycles. The van der Waals surface area contributed by atoms with Crippen LogP contribution in [0.4, 0.5) is 0 Å². The van der Waals surface area contributed by atoms with Gasteiger partial charge in [-0.15, -0.1) is 11.3 Å². The van der Waals surface area contributed by atoms with E-state index in [0.717, 1.165) is 9.35 Å². The van der Waals surface area contributed by atoms with Crippen LogP contribution >= 0.6 is 27.3 Å². The highest BCUT2D eigenvalue weighted by molar-refractivity contribution is 9.10. The second kappa shape index (κ2) is 4.37. The maximum absolute atomic E-state index is 9.02. The molecule has 0 amide bonds. The average Bonchev–Trinajstić information content (AvgIpc) is 2.34. The topological polar surface area (TPSA) is 46.2 Å². The summed E-state index contributed by atoms with van der Waals surface area (Å²) in [5.41, 5.74) is 5.52. The van der Waals surface area contributed by atoms with Gasteiger partial charge >= 0.3 is 0 Å². The van der Waals surface area contributed by atoms with E-state index in [9.17, 15) is 0 Å². The number of aliphatic hydroxyl groups is 1. The smallest absolute Gasteiger partial charge is 0.0520 e. The molecule has 1 unspecified atom stereocenters. The van der Waals surface area contributed by atoms with E-state index in [1.54, 1.807) is 11.3 Å². The van der Waals surface area contributed by atoms with Gasteiger partial charge < -0.3 is 10.8 Å². The first-order chi connectivity index (χ1) is 5.69. The standard InChI is InChI=1S/C8H12BrNOS/c1-5-2-7(9)8(12-5)6(3-10)4-11/h2,6,11H,3-4,10H2,1H3. The number of hydrogen-bond donors (Lipinski definition) is 2. The zero-order valence-corrected chi connectivity index (χ0v) is 9.28. The van der Waals surface area contributed by atoms with E-state index in [-0.39, 0.29) is 12.5 Å². The van der Waals surface area contributed by atoms with E-state index >= 15 is 0 Å². The Morgan fingerprint density at radius 3 is 2.75 bits per heavy atom. The summed E-state index contributed by atoms with van der Waals surface area (Å²) in [6.07, 6.45) is 0. The molecular weight excluding hydrogens is 238 g/mol. The Morgan fingerprint density at radius 2 is 2.42 bits per heavy atom. The summed E-state index contributed by atoms with van der Waals surface area (Å²) >= 11 is 5.13. The molecular formula is C8H12BrNOS. The van der Waals surface area contributed by atoms with Gasteiger partial charge in [-0.25, -0.2) is 0 Å². The van der Waals surface area contributed by atoms with Gasteiger partial charge in [0.05, 0.1) is 6.61 Å². The maximum Gasteiger partial charge on any atom is 0.0520 e. The number of aliphatic hydroxyl groups excluding tert-OH is 1. The van der Waals surface area contributed by atoms with Crippen LogP contribution in [-0.2, 0) is 0 Å². The second-order valence-corrected chi connectivity index (χ2v) is 4.83. The second-order valence-electron chi connectivity index (χ2n) is 2.68. The molecule has 0 bridgehead atoms. The summed E-state index contributed by atoms with van der Waals surface area (Å²) in [6, 6.07) is 2.05. The van der Waals surface area contributed by atoms with E-state index in [0.29, 0.717) is 6.54 Å². The SMILES string of the molecule is Cc1cc(Br)c(C(CN)CO)s1. The van der Waals surface area contributed by atoms with Crippen molar-refractivity contribution in [2.45, 2.75) is 12.8 Å². The molecule has 0 aliphatic rings. The van der Waals surface area contributed by atoms with Gasteiger partial charge in [-0.1, -0.05) is 0 Å². The van der Waals surface area contributed by atoms with Gasteiger partial charge in [-0.3, -0.25) is 0 Å². The normalized spacial score (nSPS) is 13.3. The first-order valence-corrected chi connectivity index (χ1v) is 5.36. The van der Waals surface area contributed by atoms with Crippen molar-refractivity contribution >= 4 is 27.3 Å². The van der Waals surface area contributed by atoms with E-state index in [2.05, 4.69) is 22.0 Å². The molecule has 0 saturated carbocycles. The molecule has 0 aliphatic carbocycles. The Hall–Kier alpha value is 0.1000. The van der Waals surface area contributed by atoms with Crippen LogP contribution in [0.15, 0.2) is 10.5 Å². The van der Waals surface area contributed by atoms with Crippen molar-refractivity contribution in [3.63, 3.8) is 0 Å². The van der Waals surface area contributed by atoms with Crippen molar-refractivity contribution < 1.29 is 5.11 Å². The Labute approximate surface area is 84.5 Å². The fourth-order valence-corrected chi connectivity index (χ4v) is 3.12. The predicted octanol–water partition coefficient (Wildman–Crippen LogP) is 1.85. The minimum atomic E-state index is 0.0816. The van der Waals surface area contributed by atoms with Crippen LogP contribution in [0.25, 0.3) is 0 Å². The van der Waals surface area contributed by atoms with Crippen molar-refractivity contribution in [3.05, 3.63) is 20.3 Å². The number of thiophene rings is 1. The lowest BCUT2D eigenvalue weighted by molar-refractivity contribution is 0.269. The Morgan fingerprint density at radius 1 is 1.75 bits per heavy atom. The lowest BCUT2D eigenvalue weighted by atomic mass is 10.1. The van der Waals surface area contributed by atoms with Crippen molar-refractivity contribution in [2.24, 2.45) is 5.73 Å². The molecule has 0 aliphatic heterocycles. The summed E-state index contributed by atoms with van der Waals surface area (Å²) in [7, 11) is 0. The lowest BCUT2D eigenvalue weighted by Gasteiger charge is -2.08. The summed E-state index contributed by atoms with van der Waals surface area (Å²) < 4.78 is 1.06. The molecule has 0 spiro atoms. The van der Waals surface area contributed by atoms with Crippen molar-refractivity contribution in [1.29, 1.82) is 0 Å². The van der Waals surface area contributed by atoms with Gasteiger partial charge in [0, 0.05) is 26.7 Å². The van der Waals surface area contributed by atoms with Gasteiger partial charge in [0.25, 0.3) is 0 Å². The van der Waals surface area contributed by atoms with Crippen LogP contribution in [0.2, 0.25) is 0 Å². The van der Waals surface area contributed by atoms with Gasteiger partial charge in [-0.2, -0.15) is 0 Å². The minimum absolute atomic E-state index is 0.0816. The molecule has 2 nitrogen and oxygen atoms in total. The molecule has 0 saturated heterocycles. The zero-order chi connectivity index (χ0) is 9.14. The van der Waals surface area contributed by atoms with Crippen LogP contribution in [-0.4, -0.2) is 18.3 Å². The minimum Gasteiger partial charge on any atom is -0.396 e. The van der Waals surface area contributed by atoms with Gasteiger partial charge in [0.15, 0.2) is 0 Å². The highest BCUT2D eigenvalue weighted by Crippen LogP contribution is 2.32. The van der Waals surface area contributed by atoms with Gasteiger partial charge in [0.1, 0.15) is 0 Å².